The number of halogens is 2. The first-order valence-electron chi connectivity index (χ1n) is 8.38. The van der Waals surface area contributed by atoms with Gasteiger partial charge in [-0.3, -0.25) is 4.79 Å². The Kier molecular flexibility index (Phi) is 7.43. The van der Waals surface area contributed by atoms with E-state index in [0.29, 0.717) is 12.1 Å². The van der Waals surface area contributed by atoms with Crippen LogP contribution in [0.15, 0.2) is 36.7 Å². The zero-order chi connectivity index (χ0) is 16.8. The van der Waals surface area contributed by atoms with E-state index < -0.39 is 0 Å². The second-order valence-corrected chi connectivity index (χ2v) is 5.99. The highest BCUT2D eigenvalue weighted by Crippen LogP contribution is 2.23. The van der Waals surface area contributed by atoms with Crippen molar-refractivity contribution in [3.63, 3.8) is 0 Å². The van der Waals surface area contributed by atoms with E-state index in [1.54, 1.807) is 24.5 Å². The summed E-state index contributed by atoms with van der Waals surface area (Å²) in [6.45, 7) is 5.87. The number of aromatic amines is 1. The Morgan fingerprint density at radius 1 is 1.16 bits per heavy atom. The van der Waals surface area contributed by atoms with Crippen LogP contribution < -0.4 is 10.6 Å². The monoisotopic (exact) mass is 366 g/mol. The zero-order valence-electron chi connectivity index (χ0n) is 14.1. The van der Waals surface area contributed by atoms with Crippen LogP contribution in [-0.2, 0) is 0 Å². The maximum Gasteiger partial charge on any atom is 0.253 e. The number of nitrogens with zero attached hydrogens (tertiary/aromatic N) is 1. The Morgan fingerprint density at radius 3 is 2.60 bits per heavy atom. The Hall–Kier alpha value is -1.89. The van der Waals surface area contributed by atoms with Gasteiger partial charge < -0.3 is 20.5 Å². The third-order valence-corrected chi connectivity index (χ3v) is 4.29. The predicted octanol–water partition coefficient (Wildman–Crippen LogP) is 2.27. The first kappa shape index (κ1) is 19.4. The first-order valence-corrected chi connectivity index (χ1v) is 8.38. The molecule has 3 rings (SSSR count). The van der Waals surface area contributed by atoms with Gasteiger partial charge in [0.25, 0.3) is 5.91 Å². The summed E-state index contributed by atoms with van der Waals surface area (Å²) in [7, 11) is 0. The maximum atomic E-state index is 13.1. The maximum absolute atomic E-state index is 13.1. The summed E-state index contributed by atoms with van der Waals surface area (Å²) < 4.78 is 13.1. The van der Waals surface area contributed by atoms with Gasteiger partial charge in [0, 0.05) is 50.7 Å². The van der Waals surface area contributed by atoms with Gasteiger partial charge >= 0.3 is 0 Å². The smallest absolute Gasteiger partial charge is 0.253 e. The van der Waals surface area contributed by atoms with Crippen LogP contribution in [0.4, 0.5) is 4.39 Å². The fourth-order valence-electron chi connectivity index (χ4n) is 2.95. The van der Waals surface area contributed by atoms with Gasteiger partial charge in [0.1, 0.15) is 5.82 Å². The van der Waals surface area contributed by atoms with Gasteiger partial charge in [-0.05, 0) is 30.7 Å². The highest BCUT2D eigenvalue weighted by molar-refractivity contribution is 6.00. The third-order valence-electron chi connectivity index (χ3n) is 4.29. The molecule has 1 aliphatic heterocycles. The molecule has 0 bridgehead atoms. The predicted molar refractivity (Wildman–Crippen MR) is 99.7 cm³/mol. The van der Waals surface area contributed by atoms with Crippen LogP contribution in [0.2, 0.25) is 0 Å². The molecule has 0 aliphatic carbocycles. The van der Waals surface area contributed by atoms with E-state index in [-0.39, 0.29) is 24.1 Å². The van der Waals surface area contributed by atoms with Crippen molar-refractivity contribution >= 4 is 18.3 Å². The molecule has 0 unspecified atom stereocenters. The Bertz CT molecular complexity index is 668. The summed E-state index contributed by atoms with van der Waals surface area (Å²) in [6.07, 6.45) is 4.38. The zero-order valence-corrected chi connectivity index (χ0v) is 14.9. The van der Waals surface area contributed by atoms with E-state index in [2.05, 4.69) is 20.5 Å². The van der Waals surface area contributed by atoms with E-state index in [1.807, 2.05) is 0 Å². The van der Waals surface area contributed by atoms with E-state index in [4.69, 9.17) is 0 Å². The van der Waals surface area contributed by atoms with Crippen LogP contribution in [0.1, 0.15) is 16.8 Å². The van der Waals surface area contributed by atoms with E-state index in [1.165, 1.54) is 12.1 Å². The molecule has 7 heteroatoms. The number of carbonyl (C=O) groups is 1. The third kappa shape index (κ3) is 5.29. The molecule has 1 fully saturated rings. The quantitative estimate of drug-likeness (QED) is 0.687. The molecule has 5 nitrogen and oxygen atoms in total. The second-order valence-electron chi connectivity index (χ2n) is 5.99. The largest absolute Gasteiger partial charge is 0.366 e. The summed E-state index contributed by atoms with van der Waals surface area (Å²) >= 11 is 0. The van der Waals surface area contributed by atoms with Gasteiger partial charge in [-0.25, -0.2) is 4.39 Å². The molecule has 0 atom stereocenters. The number of aromatic nitrogens is 1. The molecule has 136 valence electrons. The molecule has 25 heavy (non-hydrogen) atoms. The van der Waals surface area contributed by atoms with Crippen molar-refractivity contribution in [1.29, 1.82) is 0 Å². The fraction of sp³-hybridized carbons (Fsp3) is 0.389. The van der Waals surface area contributed by atoms with E-state index in [9.17, 15) is 9.18 Å². The highest BCUT2D eigenvalue weighted by atomic mass is 35.5. The second kappa shape index (κ2) is 9.56. The van der Waals surface area contributed by atoms with Crippen molar-refractivity contribution in [2.45, 2.75) is 6.42 Å². The summed E-state index contributed by atoms with van der Waals surface area (Å²) in [4.78, 5) is 17.8. The molecule has 3 N–H and O–H groups in total. The topological polar surface area (TPSA) is 60.2 Å². The summed E-state index contributed by atoms with van der Waals surface area (Å²) in [5.74, 6) is -0.385. The molecule has 2 aromatic rings. The lowest BCUT2D eigenvalue weighted by atomic mass is 10.0. The van der Waals surface area contributed by atoms with Crippen molar-refractivity contribution in [2.75, 3.05) is 39.3 Å². The summed E-state index contributed by atoms with van der Waals surface area (Å²) in [5, 5.41) is 6.30. The Labute approximate surface area is 153 Å². The van der Waals surface area contributed by atoms with Crippen LogP contribution in [0.5, 0.6) is 0 Å². The van der Waals surface area contributed by atoms with Crippen LogP contribution in [0.3, 0.4) is 0 Å². The summed E-state index contributed by atoms with van der Waals surface area (Å²) in [5.41, 5.74) is 2.20. The lowest BCUT2D eigenvalue weighted by molar-refractivity contribution is 0.0952. The standard InChI is InChI=1S/C18H23FN4O.ClH/c19-15-4-2-14(3-5-15)16-12-21-13-17(16)18(24)22-6-1-9-23-10-7-20-8-11-23;/h2-5,12-13,20-21H,1,6-11H2,(H,22,24);1H. The van der Waals surface area contributed by atoms with Crippen LogP contribution in [0.25, 0.3) is 11.1 Å². The van der Waals surface area contributed by atoms with Crippen LogP contribution in [0, 0.1) is 5.82 Å². The molecule has 1 aromatic carbocycles. The van der Waals surface area contributed by atoms with Gasteiger partial charge in [-0.1, -0.05) is 12.1 Å². The van der Waals surface area contributed by atoms with Crippen molar-refractivity contribution in [3.05, 3.63) is 48.0 Å². The van der Waals surface area contributed by atoms with Crippen LogP contribution in [-0.4, -0.2) is 55.1 Å². The highest BCUT2D eigenvalue weighted by Gasteiger charge is 2.14. The molecule has 0 radical (unpaired) electrons. The molecule has 1 saturated heterocycles. The number of hydrogen-bond donors (Lipinski definition) is 3. The van der Waals surface area contributed by atoms with Crippen molar-refractivity contribution in [2.24, 2.45) is 0 Å². The van der Waals surface area contributed by atoms with E-state index >= 15 is 0 Å². The number of amides is 1. The van der Waals surface area contributed by atoms with Crippen molar-refractivity contribution < 1.29 is 9.18 Å². The number of benzene rings is 1. The Balaban J connectivity index is 0.00000225. The molecule has 0 spiro atoms. The normalized spacial score (nSPS) is 14.8. The fourth-order valence-corrected chi connectivity index (χ4v) is 2.95. The number of piperazine rings is 1. The Morgan fingerprint density at radius 2 is 1.88 bits per heavy atom. The molecule has 1 aliphatic rings. The van der Waals surface area contributed by atoms with Crippen molar-refractivity contribution in [1.82, 2.24) is 20.5 Å². The van der Waals surface area contributed by atoms with Crippen LogP contribution >= 0.6 is 12.4 Å². The van der Waals surface area contributed by atoms with Gasteiger partial charge in [0.2, 0.25) is 0 Å². The average molecular weight is 367 g/mol. The molecular weight excluding hydrogens is 343 g/mol. The van der Waals surface area contributed by atoms with Gasteiger partial charge in [0.05, 0.1) is 5.56 Å². The number of H-pyrrole nitrogens is 1. The SMILES string of the molecule is Cl.O=C(NCCCN1CCNCC1)c1c[nH]cc1-c1ccc(F)cc1. The summed E-state index contributed by atoms with van der Waals surface area (Å²) in [6, 6.07) is 6.16. The number of rotatable bonds is 6. The first-order chi connectivity index (χ1) is 11.7. The molecule has 1 aromatic heterocycles. The minimum Gasteiger partial charge on any atom is -0.366 e. The van der Waals surface area contributed by atoms with Gasteiger partial charge in [0.15, 0.2) is 0 Å². The average Bonchev–Trinajstić information content (AvgIpc) is 3.10. The lowest BCUT2D eigenvalue weighted by Crippen LogP contribution is -2.44. The van der Waals surface area contributed by atoms with Gasteiger partial charge in [-0.2, -0.15) is 0 Å². The lowest BCUT2D eigenvalue weighted by Gasteiger charge is -2.27. The molecule has 0 saturated carbocycles. The number of hydrogen-bond acceptors (Lipinski definition) is 3. The molecular formula is C18H24ClFN4O. The van der Waals surface area contributed by atoms with E-state index in [0.717, 1.165) is 50.3 Å². The minimum absolute atomic E-state index is 0. The molecule has 2 heterocycles. The number of nitrogens with one attached hydrogen (secondary N) is 3. The van der Waals surface area contributed by atoms with Gasteiger partial charge in [-0.15, -0.1) is 12.4 Å². The molecule has 1 amide bonds. The minimum atomic E-state index is -0.284. The number of carbonyl (C=O) groups excluding carboxylic acids is 1. The van der Waals surface area contributed by atoms with Crippen molar-refractivity contribution in [3.8, 4) is 11.1 Å².